The van der Waals surface area contributed by atoms with Crippen LogP contribution in [0.15, 0.2) is 72.8 Å². The smallest absolute Gasteiger partial charge is 0.408 e. The molecule has 2 aliphatic rings. The zero-order valence-corrected chi connectivity index (χ0v) is 25.6. The molecular weight excluding hydrogens is 570 g/mol. The van der Waals surface area contributed by atoms with Crippen LogP contribution in [-0.4, -0.2) is 49.0 Å². The molecule has 10 nitrogen and oxygen atoms in total. The van der Waals surface area contributed by atoms with Gasteiger partial charge in [-0.05, 0) is 47.1 Å². The number of benzene rings is 3. The van der Waals surface area contributed by atoms with Crippen LogP contribution in [0.1, 0.15) is 50.2 Å². The summed E-state index contributed by atoms with van der Waals surface area (Å²) in [5.74, 6) is -0.540. The van der Waals surface area contributed by atoms with E-state index in [9.17, 15) is 24.4 Å². The molecule has 1 aliphatic heterocycles. The maximum atomic E-state index is 13.2. The molecule has 4 N–H and O–H groups in total. The minimum atomic E-state index is -1.03. The zero-order chi connectivity index (χ0) is 32.0. The molecule has 3 unspecified atom stereocenters. The summed E-state index contributed by atoms with van der Waals surface area (Å²) < 4.78 is 5.33. The lowest BCUT2D eigenvalue weighted by atomic mass is 9.92. The second kappa shape index (κ2) is 16.8. The van der Waals surface area contributed by atoms with Gasteiger partial charge in [0.25, 0.3) is 0 Å². The van der Waals surface area contributed by atoms with Crippen LogP contribution in [0.3, 0.4) is 0 Å². The number of nitrogens with zero attached hydrogens (tertiary/aromatic N) is 1. The van der Waals surface area contributed by atoms with Crippen molar-refractivity contribution in [1.29, 1.82) is 5.26 Å². The van der Waals surface area contributed by atoms with Gasteiger partial charge in [-0.2, -0.15) is 5.26 Å². The summed E-state index contributed by atoms with van der Waals surface area (Å²) in [5, 5.41) is 22.0. The number of hydrogen-bond donors (Lipinski definition) is 4. The molecule has 3 aromatic rings. The van der Waals surface area contributed by atoms with E-state index in [1.165, 1.54) is 12.8 Å². The highest BCUT2D eigenvalue weighted by atomic mass is 16.5. The van der Waals surface area contributed by atoms with Crippen molar-refractivity contribution < 1.29 is 23.9 Å². The van der Waals surface area contributed by atoms with Crippen molar-refractivity contribution in [1.82, 2.24) is 21.3 Å². The Balaban J connectivity index is 0.00000107. The molecule has 4 amide bonds. The highest BCUT2D eigenvalue weighted by Crippen LogP contribution is 2.26. The van der Waals surface area contributed by atoms with Crippen molar-refractivity contribution in [2.45, 2.75) is 64.1 Å². The lowest BCUT2D eigenvalue weighted by Crippen LogP contribution is -2.51. The molecule has 2 fully saturated rings. The molecule has 1 heterocycles. The second-order valence-electron chi connectivity index (χ2n) is 11.6. The van der Waals surface area contributed by atoms with Gasteiger partial charge < -0.3 is 26.0 Å². The number of carbonyl (C=O) groups excluding carboxylic acids is 4. The van der Waals surface area contributed by atoms with Crippen molar-refractivity contribution in [2.75, 3.05) is 13.1 Å². The molecule has 236 valence electrons. The van der Waals surface area contributed by atoms with E-state index >= 15 is 0 Å². The summed E-state index contributed by atoms with van der Waals surface area (Å²) in [6.07, 6.45) is 4.03. The summed E-state index contributed by atoms with van der Waals surface area (Å²) in [4.78, 5) is 50.5. The predicted molar refractivity (Wildman–Crippen MR) is 171 cm³/mol. The van der Waals surface area contributed by atoms with Crippen molar-refractivity contribution in [2.24, 2.45) is 11.8 Å². The van der Waals surface area contributed by atoms with E-state index in [0.717, 1.165) is 34.2 Å². The van der Waals surface area contributed by atoms with Gasteiger partial charge in [0.1, 0.15) is 18.7 Å². The standard InChI is InChI=1S/C31H33N5O5.C4H8/c32-18-25(16-24-13-7-15-33-29(24)38)35-28(37)19-34-30(39)27(36-31(40)41-20-21-8-2-1-3-9-21)17-23-12-6-11-22-10-4-5-14-26(22)23;1-4-2-3-4/h1-6,8-12,14,24-25,27H,7,13,15-17,19-20H2,(H,33,38)(H,34,39)(H,35,37)(H,36,40);4H,2-3H2,1H3. The monoisotopic (exact) mass is 611 g/mol. The minimum absolute atomic E-state index is 0.0340. The van der Waals surface area contributed by atoms with Crippen LogP contribution < -0.4 is 21.3 Å². The molecule has 0 aromatic heterocycles. The zero-order valence-electron chi connectivity index (χ0n) is 25.6. The van der Waals surface area contributed by atoms with Gasteiger partial charge in [-0.25, -0.2) is 4.79 Å². The Labute approximate surface area is 263 Å². The summed E-state index contributed by atoms with van der Waals surface area (Å²) in [5.41, 5.74) is 1.64. The number of amides is 4. The number of rotatable bonds is 11. The topological polar surface area (TPSA) is 149 Å². The fourth-order valence-electron chi connectivity index (χ4n) is 5.00. The first kappa shape index (κ1) is 33.0. The minimum Gasteiger partial charge on any atom is -0.445 e. The van der Waals surface area contributed by atoms with E-state index in [4.69, 9.17) is 4.74 Å². The number of carbonyl (C=O) groups is 4. The third kappa shape index (κ3) is 10.9. The molecule has 3 aromatic carbocycles. The Morgan fingerprint density at radius 3 is 2.40 bits per heavy atom. The molecule has 5 rings (SSSR count). The first-order chi connectivity index (χ1) is 21.8. The molecule has 1 aliphatic carbocycles. The van der Waals surface area contributed by atoms with Gasteiger partial charge in [0, 0.05) is 18.9 Å². The number of hydrogen-bond acceptors (Lipinski definition) is 6. The number of ether oxygens (including phenoxy) is 1. The molecule has 0 radical (unpaired) electrons. The molecule has 0 spiro atoms. The third-order valence-corrected chi connectivity index (χ3v) is 7.83. The Kier molecular flexibility index (Phi) is 12.3. The highest BCUT2D eigenvalue weighted by molar-refractivity contribution is 5.91. The van der Waals surface area contributed by atoms with Crippen LogP contribution in [0.5, 0.6) is 0 Å². The molecule has 1 saturated carbocycles. The van der Waals surface area contributed by atoms with E-state index in [1.807, 2.05) is 78.9 Å². The van der Waals surface area contributed by atoms with Crippen molar-refractivity contribution in [3.05, 3.63) is 83.9 Å². The van der Waals surface area contributed by atoms with Crippen molar-refractivity contribution in [3.8, 4) is 6.07 Å². The fourth-order valence-corrected chi connectivity index (χ4v) is 5.00. The quantitative estimate of drug-likeness (QED) is 0.256. The molecule has 10 heteroatoms. The fraction of sp³-hybridized carbons (Fsp3) is 0.400. The maximum Gasteiger partial charge on any atom is 0.408 e. The molecular formula is C35H41N5O5. The lowest BCUT2D eigenvalue weighted by Gasteiger charge is -2.24. The Morgan fingerprint density at radius 1 is 0.978 bits per heavy atom. The third-order valence-electron chi connectivity index (χ3n) is 7.83. The average Bonchev–Trinajstić information content (AvgIpc) is 3.85. The Hall–Kier alpha value is -4.91. The summed E-state index contributed by atoms with van der Waals surface area (Å²) in [6.45, 7) is 2.52. The van der Waals surface area contributed by atoms with E-state index in [0.29, 0.717) is 13.0 Å². The van der Waals surface area contributed by atoms with Crippen LogP contribution in [0.2, 0.25) is 0 Å². The summed E-state index contributed by atoms with van der Waals surface area (Å²) in [6, 6.07) is 22.7. The normalized spacial score (nSPS) is 16.9. The van der Waals surface area contributed by atoms with Gasteiger partial charge in [0.05, 0.1) is 12.6 Å². The largest absolute Gasteiger partial charge is 0.445 e. The van der Waals surface area contributed by atoms with Crippen LogP contribution in [0.4, 0.5) is 4.79 Å². The number of nitriles is 1. The second-order valence-corrected chi connectivity index (χ2v) is 11.6. The van der Waals surface area contributed by atoms with Crippen molar-refractivity contribution >= 4 is 34.6 Å². The first-order valence-electron chi connectivity index (χ1n) is 15.5. The highest BCUT2D eigenvalue weighted by Gasteiger charge is 2.27. The Bertz CT molecular complexity index is 1500. The van der Waals surface area contributed by atoms with E-state index in [2.05, 4.69) is 28.2 Å². The van der Waals surface area contributed by atoms with Gasteiger partial charge >= 0.3 is 6.09 Å². The first-order valence-corrected chi connectivity index (χ1v) is 15.5. The summed E-state index contributed by atoms with van der Waals surface area (Å²) in [7, 11) is 0. The van der Waals surface area contributed by atoms with Gasteiger partial charge in [-0.1, -0.05) is 92.6 Å². The molecule has 45 heavy (non-hydrogen) atoms. The van der Waals surface area contributed by atoms with Crippen LogP contribution in [-0.2, 0) is 32.1 Å². The number of alkyl carbamates (subject to hydrolysis) is 1. The average molecular weight is 612 g/mol. The summed E-state index contributed by atoms with van der Waals surface area (Å²) >= 11 is 0. The van der Waals surface area contributed by atoms with E-state index < -0.39 is 36.5 Å². The molecule has 1 saturated heterocycles. The number of nitrogens with one attached hydrogen (secondary N) is 4. The van der Waals surface area contributed by atoms with Gasteiger partial charge in [-0.3, -0.25) is 14.4 Å². The SMILES string of the molecule is CC1CC1.N#CC(CC1CCCNC1=O)NC(=O)CNC(=O)C(Cc1cccc2ccccc12)NC(=O)OCc1ccccc1. The molecule has 3 atom stereocenters. The predicted octanol–water partition coefficient (Wildman–Crippen LogP) is 4.13. The van der Waals surface area contributed by atoms with Gasteiger partial charge in [0.2, 0.25) is 17.7 Å². The van der Waals surface area contributed by atoms with E-state index in [1.54, 1.807) is 0 Å². The van der Waals surface area contributed by atoms with Crippen LogP contribution in [0.25, 0.3) is 10.8 Å². The van der Waals surface area contributed by atoms with E-state index in [-0.39, 0.29) is 31.3 Å². The van der Waals surface area contributed by atoms with Gasteiger partial charge in [-0.15, -0.1) is 0 Å². The molecule has 0 bridgehead atoms. The maximum absolute atomic E-state index is 13.2. The Morgan fingerprint density at radius 2 is 1.69 bits per heavy atom. The lowest BCUT2D eigenvalue weighted by molar-refractivity contribution is -0.128. The van der Waals surface area contributed by atoms with Gasteiger partial charge in [0.15, 0.2) is 0 Å². The number of piperidine rings is 1. The van der Waals surface area contributed by atoms with Crippen LogP contribution in [0, 0.1) is 23.2 Å². The number of fused-ring (bicyclic) bond motifs is 1. The van der Waals surface area contributed by atoms with Crippen LogP contribution >= 0.6 is 0 Å². The van der Waals surface area contributed by atoms with Crippen molar-refractivity contribution in [3.63, 3.8) is 0 Å².